The van der Waals surface area contributed by atoms with Crippen molar-refractivity contribution in [3.8, 4) is 6.07 Å². The van der Waals surface area contributed by atoms with Gasteiger partial charge in [-0.05, 0) is 59.3 Å². The van der Waals surface area contributed by atoms with Crippen molar-refractivity contribution in [3.05, 3.63) is 0 Å². The summed E-state index contributed by atoms with van der Waals surface area (Å²) in [5.74, 6) is -0.430. The minimum absolute atomic E-state index is 0.203. The van der Waals surface area contributed by atoms with E-state index in [0.717, 1.165) is 44.9 Å². The number of nitrogens with zero attached hydrogens (tertiary/aromatic N) is 1. The Bertz CT molecular complexity index is 363. The molecule has 2 heterocycles. The maximum absolute atomic E-state index is 9.42. The minimum atomic E-state index is -0.538. The van der Waals surface area contributed by atoms with Crippen molar-refractivity contribution in [2.24, 2.45) is 0 Å². The van der Waals surface area contributed by atoms with Gasteiger partial charge in [0.15, 0.2) is 11.4 Å². The second-order valence-electron chi connectivity index (χ2n) is 6.62. The summed E-state index contributed by atoms with van der Waals surface area (Å²) in [5.41, 5.74) is -0.538. The first-order valence-electron chi connectivity index (χ1n) is 7.86. The summed E-state index contributed by atoms with van der Waals surface area (Å²) >= 11 is 0. The lowest BCUT2D eigenvalue weighted by Gasteiger charge is -2.35. The van der Waals surface area contributed by atoms with Crippen LogP contribution in [0.15, 0.2) is 0 Å². The van der Waals surface area contributed by atoms with Gasteiger partial charge < -0.3 is 14.2 Å². The van der Waals surface area contributed by atoms with E-state index in [1.54, 1.807) is 0 Å². The zero-order chi connectivity index (χ0) is 14.6. The van der Waals surface area contributed by atoms with E-state index in [9.17, 15) is 5.26 Å². The number of hydrogen-bond acceptors (Lipinski definition) is 4. The van der Waals surface area contributed by atoms with E-state index in [4.69, 9.17) is 14.2 Å². The standard InChI is InChI=1S/C16H27NO3/c1-13-7-6-10-16(12-17,19-13)9-5-4-8-14-11-18-15(2,3)20-14/h13-14H,4-11H2,1-3H3/t13-,14-,16+/m0/s1. The van der Waals surface area contributed by atoms with Crippen molar-refractivity contribution in [2.45, 2.75) is 89.3 Å². The van der Waals surface area contributed by atoms with Crippen LogP contribution in [0.3, 0.4) is 0 Å². The summed E-state index contributed by atoms with van der Waals surface area (Å²) in [6.45, 7) is 6.66. The van der Waals surface area contributed by atoms with Crippen LogP contribution in [0.2, 0.25) is 0 Å². The fourth-order valence-corrected chi connectivity index (χ4v) is 3.19. The average molecular weight is 281 g/mol. The van der Waals surface area contributed by atoms with Gasteiger partial charge in [0, 0.05) is 0 Å². The minimum Gasteiger partial charge on any atom is -0.357 e. The largest absolute Gasteiger partial charge is 0.357 e. The van der Waals surface area contributed by atoms with Crippen molar-refractivity contribution >= 4 is 0 Å². The van der Waals surface area contributed by atoms with Gasteiger partial charge in [0.2, 0.25) is 0 Å². The molecule has 2 aliphatic rings. The molecular formula is C16H27NO3. The number of rotatable bonds is 5. The lowest BCUT2D eigenvalue weighted by Crippen LogP contribution is -2.38. The molecule has 20 heavy (non-hydrogen) atoms. The van der Waals surface area contributed by atoms with E-state index in [1.807, 2.05) is 13.8 Å². The first-order chi connectivity index (χ1) is 9.45. The van der Waals surface area contributed by atoms with Crippen LogP contribution in [0.25, 0.3) is 0 Å². The van der Waals surface area contributed by atoms with Crippen LogP contribution in [0.5, 0.6) is 0 Å². The van der Waals surface area contributed by atoms with Crippen molar-refractivity contribution in [1.29, 1.82) is 5.26 Å². The van der Waals surface area contributed by atoms with Gasteiger partial charge in [0.25, 0.3) is 0 Å². The summed E-state index contributed by atoms with van der Waals surface area (Å²) in [5, 5.41) is 9.42. The molecule has 0 aromatic heterocycles. The van der Waals surface area contributed by atoms with Gasteiger partial charge in [0.1, 0.15) is 0 Å². The Morgan fingerprint density at radius 2 is 2.05 bits per heavy atom. The zero-order valence-electron chi connectivity index (χ0n) is 13.0. The molecular weight excluding hydrogens is 254 g/mol. The summed E-state index contributed by atoms with van der Waals surface area (Å²) in [6, 6.07) is 2.41. The van der Waals surface area contributed by atoms with E-state index in [2.05, 4.69) is 13.0 Å². The molecule has 0 amide bonds. The Kier molecular flexibility index (Phi) is 5.06. The topological polar surface area (TPSA) is 51.5 Å². The number of nitriles is 1. The third-order valence-corrected chi connectivity index (χ3v) is 4.25. The van der Waals surface area contributed by atoms with E-state index >= 15 is 0 Å². The fourth-order valence-electron chi connectivity index (χ4n) is 3.19. The van der Waals surface area contributed by atoms with Crippen LogP contribution in [-0.4, -0.2) is 30.2 Å². The SMILES string of the molecule is C[C@H]1CCC[C@@](C#N)(CCCC[C@H]2COC(C)(C)O2)O1. The predicted molar refractivity (Wildman–Crippen MR) is 76.1 cm³/mol. The molecule has 2 saturated heterocycles. The quantitative estimate of drug-likeness (QED) is 0.723. The lowest BCUT2D eigenvalue weighted by atomic mass is 9.88. The van der Waals surface area contributed by atoms with Crippen LogP contribution in [0, 0.1) is 11.3 Å². The average Bonchev–Trinajstić information content (AvgIpc) is 2.74. The van der Waals surface area contributed by atoms with Crippen molar-refractivity contribution < 1.29 is 14.2 Å². The first kappa shape index (κ1) is 15.8. The smallest absolute Gasteiger partial charge is 0.163 e. The van der Waals surface area contributed by atoms with Gasteiger partial charge >= 0.3 is 0 Å². The molecule has 4 nitrogen and oxygen atoms in total. The summed E-state index contributed by atoms with van der Waals surface area (Å²) in [4.78, 5) is 0. The maximum Gasteiger partial charge on any atom is 0.163 e. The molecule has 0 saturated carbocycles. The molecule has 4 heteroatoms. The van der Waals surface area contributed by atoms with Crippen molar-refractivity contribution in [3.63, 3.8) is 0 Å². The third kappa shape index (κ3) is 4.18. The van der Waals surface area contributed by atoms with Gasteiger partial charge in [-0.2, -0.15) is 5.26 Å². The number of hydrogen-bond donors (Lipinski definition) is 0. The Balaban J connectivity index is 1.69. The Morgan fingerprint density at radius 1 is 1.25 bits per heavy atom. The molecule has 0 unspecified atom stereocenters. The van der Waals surface area contributed by atoms with E-state index in [-0.39, 0.29) is 12.2 Å². The van der Waals surface area contributed by atoms with Gasteiger partial charge in [0.05, 0.1) is 24.9 Å². The number of unbranched alkanes of at least 4 members (excludes halogenated alkanes) is 1. The molecule has 0 N–H and O–H groups in total. The fraction of sp³-hybridized carbons (Fsp3) is 0.938. The van der Waals surface area contributed by atoms with Gasteiger partial charge in [-0.25, -0.2) is 0 Å². The molecule has 114 valence electrons. The predicted octanol–water partition coefficient (Wildman–Crippen LogP) is 3.55. The van der Waals surface area contributed by atoms with Crippen LogP contribution in [0.4, 0.5) is 0 Å². The summed E-state index contributed by atoms with van der Waals surface area (Å²) in [6.07, 6.45) is 7.39. The van der Waals surface area contributed by atoms with E-state index in [1.165, 1.54) is 0 Å². The van der Waals surface area contributed by atoms with Crippen LogP contribution < -0.4 is 0 Å². The first-order valence-corrected chi connectivity index (χ1v) is 7.86. The third-order valence-electron chi connectivity index (χ3n) is 4.25. The van der Waals surface area contributed by atoms with E-state index in [0.29, 0.717) is 6.61 Å². The highest BCUT2D eigenvalue weighted by Gasteiger charge is 2.36. The molecule has 2 rings (SSSR count). The Labute approximate surface area is 122 Å². The Morgan fingerprint density at radius 3 is 2.65 bits per heavy atom. The monoisotopic (exact) mass is 281 g/mol. The van der Waals surface area contributed by atoms with Gasteiger partial charge in [-0.15, -0.1) is 0 Å². The molecule has 0 bridgehead atoms. The maximum atomic E-state index is 9.42. The van der Waals surface area contributed by atoms with Crippen LogP contribution >= 0.6 is 0 Å². The molecule has 0 radical (unpaired) electrons. The number of ether oxygens (including phenoxy) is 3. The summed E-state index contributed by atoms with van der Waals surface area (Å²) in [7, 11) is 0. The second-order valence-corrected chi connectivity index (χ2v) is 6.62. The highest BCUT2D eigenvalue weighted by Crippen LogP contribution is 2.33. The molecule has 2 fully saturated rings. The molecule has 3 atom stereocenters. The van der Waals surface area contributed by atoms with Gasteiger partial charge in [-0.1, -0.05) is 6.42 Å². The lowest BCUT2D eigenvalue weighted by molar-refractivity contribution is -0.139. The molecule has 0 aromatic rings. The van der Waals surface area contributed by atoms with Crippen LogP contribution in [0.1, 0.15) is 65.7 Å². The highest BCUT2D eigenvalue weighted by atomic mass is 16.7. The summed E-state index contributed by atoms with van der Waals surface area (Å²) < 4.78 is 17.3. The van der Waals surface area contributed by atoms with Crippen molar-refractivity contribution in [2.75, 3.05) is 6.61 Å². The molecule has 0 spiro atoms. The molecule has 2 aliphatic heterocycles. The zero-order valence-corrected chi connectivity index (χ0v) is 13.0. The van der Waals surface area contributed by atoms with Gasteiger partial charge in [-0.3, -0.25) is 0 Å². The second kappa shape index (κ2) is 6.43. The normalized spacial score (nSPS) is 36.7. The van der Waals surface area contributed by atoms with E-state index < -0.39 is 11.4 Å². The van der Waals surface area contributed by atoms with Crippen LogP contribution in [-0.2, 0) is 14.2 Å². The highest BCUT2D eigenvalue weighted by molar-refractivity contribution is 5.03. The van der Waals surface area contributed by atoms with Crippen molar-refractivity contribution in [1.82, 2.24) is 0 Å². The molecule has 0 aliphatic carbocycles. The Hall–Kier alpha value is -0.630. The molecule has 0 aromatic carbocycles.